The van der Waals surface area contributed by atoms with Crippen molar-refractivity contribution in [3.63, 3.8) is 0 Å². The van der Waals surface area contributed by atoms with E-state index in [0.29, 0.717) is 19.6 Å². The largest absolute Gasteiger partial charge is 0.336 e. The first-order valence-electron chi connectivity index (χ1n) is 7.28. The van der Waals surface area contributed by atoms with Crippen LogP contribution in [-0.4, -0.2) is 55.0 Å². The van der Waals surface area contributed by atoms with Gasteiger partial charge in [0.25, 0.3) is 5.91 Å². The lowest BCUT2D eigenvalue weighted by atomic mass is 10.1. The van der Waals surface area contributed by atoms with Crippen LogP contribution in [-0.2, 0) is 0 Å². The van der Waals surface area contributed by atoms with Crippen molar-refractivity contribution in [1.82, 2.24) is 9.80 Å². The fraction of sp³-hybridized carbons (Fsp3) is 0.533. The van der Waals surface area contributed by atoms with E-state index in [1.807, 2.05) is 0 Å². The van der Waals surface area contributed by atoms with E-state index in [0.717, 1.165) is 44.6 Å². The number of piperazine rings is 1. The van der Waals surface area contributed by atoms with E-state index < -0.39 is 11.6 Å². The molecule has 1 fully saturated rings. The van der Waals surface area contributed by atoms with Crippen LogP contribution in [0.25, 0.3) is 0 Å². The Bertz CT molecular complexity index is 488. The Hall–Kier alpha value is -1.53. The van der Waals surface area contributed by atoms with Crippen LogP contribution < -0.4 is 5.73 Å². The standard InChI is InChI=1S/C15H21F2N3O/c16-13-4-3-12(11-14(13)17)15(21)20-9-7-19(8-10-20)6-2-1-5-18/h3-4,11H,1-2,5-10,18H2. The summed E-state index contributed by atoms with van der Waals surface area (Å²) < 4.78 is 26.1. The van der Waals surface area contributed by atoms with Gasteiger partial charge in [0.15, 0.2) is 11.6 Å². The van der Waals surface area contributed by atoms with Crippen molar-refractivity contribution < 1.29 is 13.6 Å². The van der Waals surface area contributed by atoms with Crippen LogP contribution >= 0.6 is 0 Å². The molecule has 0 saturated carbocycles. The number of hydrogen-bond acceptors (Lipinski definition) is 3. The molecule has 1 aromatic rings. The predicted molar refractivity (Wildman–Crippen MR) is 77.0 cm³/mol. The van der Waals surface area contributed by atoms with Gasteiger partial charge in [0.2, 0.25) is 0 Å². The van der Waals surface area contributed by atoms with Gasteiger partial charge in [0.1, 0.15) is 0 Å². The lowest BCUT2D eigenvalue weighted by Gasteiger charge is -2.34. The van der Waals surface area contributed by atoms with E-state index in [1.54, 1.807) is 4.90 Å². The molecule has 21 heavy (non-hydrogen) atoms. The molecule has 0 radical (unpaired) electrons. The summed E-state index contributed by atoms with van der Waals surface area (Å²) in [4.78, 5) is 16.2. The van der Waals surface area contributed by atoms with Crippen LogP contribution in [0.2, 0.25) is 0 Å². The van der Waals surface area contributed by atoms with E-state index in [9.17, 15) is 13.6 Å². The van der Waals surface area contributed by atoms with Gasteiger partial charge in [-0.15, -0.1) is 0 Å². The Morgan fingerprint density at radius 3 is 2.43 bits per heavy atom. The van der Waals surface area contributed by atoms with Gasteiger partial charge in [0.05, 0.1) is 0 Å². The fourth-order valence-corrected chi connectivity index (χ4v) is 2.47. The maximum atomic E-state index is 13.2. The first-order valence-corrected chi connectivity index (χ1v) is 7.28. The summed E-state index contributed by atoms with van der Waals surface area (Å²) in [6.07, 6.45) is 2.07. The second-order valence-corrected chi connectivity index (χ2v) is 5.26. The van der Waals surface area contributed by atoms with Crippen molar-refractivity contribution in [3.05, 3.63) is 35.4 Å². The molecule has 0 unspecified atom stereocenters. The third-order valence-corrected chi connectivity index (χ3v) is 3.75. The van der Waals surface area contributed by atoms with Gasteiger partial charge >= 0.3 is 0 Å². The normalized spacial score (nSPS) is 16.2. The van der Waals surface area contributed by atoms with Crippen molar-refractivity contribution in [3.8, 4) is 0 Å². The Labute approximate surface area is 123 Å². The molecule has 1 heterocycles. The molecule has 0 aliphatic carbocycles. The third-order valence-electron chi connectivity index (χ3n) is 3.75. The first kappa shape index (κ1) is 15.9. The molecule has 0 aromatic heterocycles. The van der Waals surface area contributed by atoms with Gasteiger partial charge in [-0.2, -0.15) is 0 Å². The number of carbonyl (C=O) groups is 1. The van der Waals surface area contributed by atoms with Crippen LogP contribution in [0.15, 0.2) is 18.2 Å². The number of rotatable bonds is 5. The van der Waals surface area contributed by atoms with Crippen molar-refractivity contribution in [2.75, 3.05) is 39.3 Å². The molecule has 2 rings (SSSR count). The molecule has 6 heteroatoms. The number of nitrogens with two attached hydrogens (primary N) is 1. The molecule has 1 aliphatic heterocycles. The van der Waals surface area contributed by atoms with Crippen molar-refractivity contribution in [2.24, 2.45) is 5.73 Å². The van der Waals surface area contributed by atoms with E-state index in [-0.39, 0.29) is 11.5 Å². The fourth-order valence-electron chi connectivity index (χ4n) is 2.47. The van der Waals surface area contributed by atoms with Gasteiger partial charge in [-0.25, -0.2) is 8.78 Å². The maximum absolute atomic E-state index is 13.2. The van der Waals surface area contributed by atoms with Crippen molar-refractivity contribution in [1.29, 1.82) is 0 Å². The molecular weight excluding hydrogens is 276 g/mol. The topological polar surface area (TPSA) is 49.6 Å². The molecule has 1 aliphatic rings. The van der Waals surface area contributed by atoms with Crippen LogP contribution in [0.4, 0.5) is 8.78 Å². The van der Waals surface area contributed by atoms with Gasteiger partial charge in [-0.1, -0.05) is 0 Å². The highest BCUT2D eigenvalue weighted by Crippen LogP contribution is 2.13. The summed E-state index contributed by atoms with van der Waals surface area (Å²) in [7, 11) is 0. The molecule has 0 atom stereocenters. The molecule has 2 N–H and O–H groups in total. The smallest absolute Gasteiger partial charge is 0.254 e. The summed E-state index contributed by atoms with van der Waals surface area (Å²) in [5, 5.41) is 0. The van der Waals surface area contributed by atoms with Gasteiger partial charge in [0, 0.05) is 31.7 Å². The van der Waals surface area contributed by atoms with Gasteiger partial charge in [-0.3, -0.25) is 9.69 Å². The number of carbonyl (C=O) groups excluding carboxylic acids is 1. The number of amides is 1. The molecule has 1 amide bonds. The minimum atomic E-state index is -0.985. The van der Waals surface area contributed by atoms with E-state index in [1.165, 1.54) is 6.07 Å². The molecule has 4 nitrogen and oxygen atoms in total. The Morgan fingerprint density at radius 1 is 1.10 bits per heavy atom. The summed E-state index contributed by atoms with van der Waals surface area (Å²) in [6, 6.07) is 3.28. The predicted octanol–water partition coefficient (Wildman–Crippen LogP) is 1.46. The Balaban J connectivity index is 1.86. The number of unbranched alkanes of at least 4 members (excludes halogenated alkanes) is 1. The maximum Gasteiger partial charge on any atom is 0.254 e. The summed E-state index contributed by atoms with van der Waals surface area (Å²) in [6.45, 7) is 4.53. The van der Waals surface area contributed by atoms with Crippen LogP contribution in [0, 0.1) is 11.6 Å². The van der Waals surface area contributed by atoms with E-state index in [4.69, 9.17) is 5.73 Å². The lowest BCUT2D eigenvalue weighted by Crippen LogP contribution is -2.48. The van der Waals surface area contributed by atoms with Crippen molar-refractivity contribution >= 4 is 5.91 Å². The summed E-state index contributed by atoms with van der Waals surface area (Å²) in [5.74, 6) is -2.16. The SMILES string of the molecule is NCCCCN1CCN(C(=O)c2ccc(F)c(F)c2)CC1. The highest BCUT2D eigenvalue weighted by molar-refractivity contribution is 5.94. The van der Waals surface area contributed by atoms with Crippen LogP contribution in [0.3, 0.4) is 0 Å². The molecule has 0 spiro atoms. The van der Waals surface area contributed by atoms with Gasteiger partial charge < -0.3 is 10.6 Å². The number of benzene rings is 1. The lowest BCUT2D eigenvalue weighted by molar-refractivity contribution is 0.0635. The second-order valence-electron chi connectivity index (χ2n) is 5.26. The Morgan fingerprint density at radius 2 is 1.81 bits per heavy atom. The van der Waals surface area contributed by atoms with E-state index >= 15 is 0 Å². The minimum Gasteiger partial charge on any atom is -0.336 e. The molecule has 1 aromatic carbocycles. The second kappa shape index (κ2) is 7.47. The third kappa shape index (κ3) is 4.22. The van der Waals surface area contributed by atoms with E-state index in [2.05, 4.69) is 4.90 Å². The summed E-state index contributed by atoms with van der Waals surface area (Å²) >= 11 is 0. The molecular formula is C15H21F2N3O. The zero-order valence-electron chi connectivity index (χ0n) is 12.0. The average molecular weight is 297 g/mol. The molecule has 116 valence electrons. The number of nitrogens with zero attached hydrogens (tertiary/aromatic N) is 2. The summed E-state index contributed by atoms with van der Waals surface area (Å²) in [5.41, 5.74) is 5.66. The first-order chi connectivity index (χ1) is 10.1. The van der Waals surface area contributed by atoms with Gasteiger partial charge in [-0.05, 0) is 44.1 Å². The highest BCUT2D eigenvalue weighted by atomic mass is 19.2. The zero-order valence-corrected chi connectivity index (χ0v) is 12.0. The quantitative estimate of drug-likeness (QED) is 0.837. The average Bonchev–Trinajstić information content (AvgIpc) is 2.50. The minimum absolute atomic E-state index is 0.200. The zero-order chi connectivity index (χ0) is 15.2. The number of halogens is 2. The molecule has 1 saturated heterocycles. The van der Waals surface area contributed by atoms with Crippen LogP contribution in [0.5, 0.6) is 0 Å². The highest BCUT2D eigenvalue weighted by Gasteiger charge is 2.22. The monoisotopic (exact) mass is 297 g/mol. The van der Waals surface area contributed by atoms with Crippen LogP contribution in [0.1, 0.15) is 23.2 Å². The number of hydrogen-bond donors (Lipinski definition) is 1. The Kier molecular flexibility index (Phi) is 5.64. The van der Waals surface area contributed by atoms with Crippen molar-refractivity contribution in [2.45, 2.75) is 12.8 Å². The molecule has 0 bridgehead atoms.